The van der Waals surface area contributed by atoms with Gasteiger partial charge < -0.3 is 9.47 Å². The lowest BCUT2D eigenvalue weighted by molar-refractivity contribution is -0.151. The number of carbonyl (C=O) groups is 2. The second kappa shape index (κ2) is 6.60. The molecule has 0 aliphatic heterocycles. The number of esters is 2. The van der Waals surface area contributed by atoms with Crippen LogP contribution >= 0.6 is 0 Å². The van der Waals surface area contributed by atoms with Crippen molar-refractivity contribution in [1.29, 1.82) is 0 Å². The first-order chi connectivity index (χ1) is 8.98. The van der Waals surface area contributed by atoms with Gasteiger partial charge >= 0.3 is 11.9 Å². The maximum atomic E-state index is 11.3. The van der Waals surface area contributed by atoms with Crippen molar-refractivity contribution in [2.45, 2.75) is 26.4 Å². The molecule has 0 aliphatic rings. The van der Waals surface area contributed by atoms with Crippen LogP contribution in [0, 0.1) is 11.8 Å². The monoisotopic (exact) mass is 260 g/mol. The Labute approximate surface area is 112 Å². The Bertz CT molecular complexity index is 510. The Kier molecular flexibility index (Phi) is 5.13. The number of hydrogen-bond acceptors (Lipinski definition) is 4. The summed E-state index contributed by atoms with van der Waals surface area (Å²) in [5.74, 6) is 3.89. The van der Waals surface area contributed by atoms with Gasteiger partial charge in [-0.15, -0.1) is 0 Å². The molecule has 1 aromatic carbocycles. The van der Waals surface area contributed by atoms with E-state index in [1.807, 2.05) is 18.2 Å². The van der Waals surface area contributed by atoms with Crippen LogP contribution in [0.25, 0.3) is 0 Å². The lowest BCUT2D eigenvalue weighted by Gasteiger charge is -2.23. The molecule has 0 aromatic heterocycles. The summed E-state index contributed by atoms with van der Waals surface area (Å²) in [4.78, 5) is 22.5. The van der Waals surface area contributed by atoms with Gasteiger partial charge in [-0.3, -0.25) is 4.79 Å². The molecule has 1 aromatic rings. The van der Waals surface area contributed by atoms with Gasteiger partial charge in [-0.1, -0.05) is 30.3 Å². The highest BCUT2D eigenvalue weighted by Crippen LogP contribution is 2.24. The summed E-state index contributed by atoms with van der Waals surface area (Å²) in [6, 6.07) is 9.02. The van der Waals surface area contributed by atoms with Crippen molar-refractivity contribution in [3.63, 3.8) is 0 Å². The van der Waals surface area contributed by atoms with Crippen LogP contribution in [0.2, 0.25) is 0 Å². The largest absolute Gasteiger partial charge is 0.456 e. The molecule has 4 nitrogen and oxygen atoms in total. The Morgan fingerprint density at radius 1 is 1.26 bits per heavy atom. The molecule has 0 bridgehead atoms. The van der Waals surface area contributed by atoms with Crippen LogP contribution in [0.1, 0.15) is 26.3 Å². The third-order valence-corrected chi connectivity index (χ3v) is 2.35. The van der Waals surface area contributed by atoms with Gasteiger partial charge in [0.25, 0.3) is 0 Å². The van der Waals surface area contributed by atoms with Gasteiger partial charge in [0.2, 0.25) is 0 Å². The molecule has 0 radical (unpaired) electrons. The van der Waals surface area contributed by atoms with E-state index in [1.165, 1.54) is 6.92 Å². The first-order valence-corrected chi connectivity index (χ1v) is 5.93. The molecule has 100 valence electrons. The third-order valence-electron chi connectivity index (χ3n) is 2.35. The van der Waals surface area contributed by atoms with Crippen molar-refractivity contribution in [1.82, 2.24) is 0 Å². The van der Waals surface area contributed by atoms with Crippen LogP contribution in [0.4, 0.5) is 0 Å². The first-order valence-electron chi connectivity index (χ1n) is 5.93. The summed E-state index contributed by atoms with van der Waals surface area (Å²) < 4.78 is 9.96. The van der Waals surface area contributed by atoms with Crippen molar-refractivity contribution in [3.8, 4) is 11.8 Å². The van der Waals surface area contributed by atoms with E-state index in [-0.39, 0.29) is 6.61 Å². The molecule has 0 N–H and O–H groups in total. The fourth-order valence-corrected chi connectivity index (χ4v) is 1.54. The number of ether oxygens (including phenoxy) is 2. The van der Waals surface area contributed by atoms with E-state index < -0.39 is 17.5 Å². The maximum absolute atomic E-state index is 11.3. The Morgan fingerprint density at radius 3 is 2.42 bits per heavy atom. The fraction of sp³-hybridized carbons (Fsp3) is 0.333. The Balaban J connectivity index is 3.07. The molecule has 0 saturated heterocycles. The lowest BCUT2D eigenvalue weighted by atomic mass is 9.96. The predicted molar refractivity (Wildman–Crippen MR) is 70.0 cm³/mol. The fourth-order valence-electron chi connectivity index (χ4n) is 1.54. The topological polar surface area (TPSA) is 52.6 Å². The molecule has 0 fully saturated rings. The molecule has 0 spiro atoms. The molecule has 1 atom stereocenters. The summed E-state index contributed by atoms with van der Waals surface area (Å²) in [6.07, 6.45) is 0. The quantitative estimate of drug-likeness (QED) is 0.474. The van der Waals surface area contributed by atoms with Gasteiger partial charge in [0.1, 0.15) is 0 Å². The van der Waals surface area contributed by atoms with E-state index in [0.29, 0.717) is 5.56 Å². The molecule has 19 heavy (non-hydrogen) atoms. The molecular formula is C15H16O4. The minimum atomic E-state index is -1.17. The number of hydrogen-bond donors (Lipinski definition) is 0. The molecule has 0 amide bonds. The zero-order valence-electron chi connectivity index (χ0n) is 11.2. The SMILES string of the molecule is CCOC(=O)C#CC(C)(OC(C)=O)c1ccccc1. The van der Waals surface area contributed by atoms with Crippen LogP contribution in [0.3, 0.4) is 0 Å². The van der Waals surface area contributed by atoms with E-state index in [0.717, 1.165) is 0 Å². The number of benzene rings is 1. The van der Waals surface area contributed by atoms with Crippen molar-refractivity contribution in [2.24, 2.45) is 0 Å². The molecule has 4 heteroatoms. The average molecular weight is 260 g/mol. The summed E-state index contributed by atoms with van der Waals surface area (Å²) in [7, 11) is 0. The minimum Gasteiger partial charge on any atom is -0.456 e. The summed E-state index contributed by atoms with van der Waals surface area (Å²) in [5, 5.41) is 0. The average Bonchev–Trinajstić information content (AvgIpc) is 2.37. The van der Waals surface area contributed by atoms with Gasteiger partial charge in [-0.05, 0) is 19.8 Å². The molecule has 0 heterocycles. The van der Waals surface area contributed by atoms with Crippen molar-refractivity contribution in [3.05, 3.63) is 35.9 Å². The van der Waals surface area contributed by atoms with Crippen LogP contribution < -0.4 is 0 Å². The Hall–Kier alpha value is -2.28. The number of rotatable bonds is 3. The zero-order chi connectivity index (χ0) is 14.3. The van der Waals surface area contributed by atoms with E-state index in [9.17, 15) is 9.59 Å². The van der Waals surface area contributed by atoms with Crippen LogP contribution in [0.5, 0.6) is 0 Å². The van der Waals surface area contributed by atoms with Crippen molar-refractivity contribution in [2.75, 3.05) is 6.61 Å². The van der Waals surface area contributed by atoms with Crippen LogP contribution in [-0.2, 0) is 24.7 Å². The normalized spacial score (nSPS) is 12.6. The van der Waals surface area contributed by atoms with Gasteiger partial charge in [0.15, 0.2) is 5.60 Å². The highest BCUT2D eigenvalue weighted by atomic mass is 16.6. The van der Waals surface area contributed by atoms with Gasteiger partial charge in [0, 0.05) is 18.4 Å². The van der Waals surface area contributed by atoms with Crippen LogP contribution in [-0.4, -0.2) is 18.5 Å². The van der Waals surface area contributed by atoms with E-state index in [4.69, 9.17) is 9.47 Å². The molecule has 1 unspecified atom stereocenters. The smallest absolute Gasteiger partial charge is 0.384 e. The lowest BCUT2D eigenvalue weighted by Crippen LogP contribution is -2.26. The highest BCUT2D eigenvalue weighted by Gasteiger charge is 2.27. The summed E-state index contributed by atoms with van der Waals surface area (Å²) >= 11 is 0. The molecule has 0 saturated carbocycles. The van der Waals surface area contributed by atoms with E-state index >= 15 is 0 Å². The maximum Gasteiger partial charge on any atom is 0.384 e. The van der Waals surface area contributed by atoms with Crippen molar-refractivity contribution < 1.29 is 19.1 Å². The molecule has 1 rings (SSSR count). The van der Waals surface area contributed by atoms with E-state index in [2.05, 4.69) is 11.8 Å². The summed E-state index contributed by atoms with van der Waals surface area (Å²) in [5.41, 5.74) is -0.471. The molecular weight excluding hydrogens is 244 g/mol. The number of carbonyl (C=O) groups excluding carboxylic acids is 2. The standard InChI is InChI=1S/C15H16O4/c1-4-18-14(17)10-11-15(3,19-12(2)16)13-8-6-5-7-9-13/h5-9H,4H2,1-3H3. The van der Waals surface area contributed by atoms with Gasteiger partial charge in [0.05, 0.1) is 6.61 Å². The van der Waals surface area contributed by atoms with Gasteiger partial charge in [-0.2, -0.15) is 0 Å². The zero-order valence-corrected chi connectivity index (χ0v) is 11.2. The first kappa shape index (κ1) is 14.8. The summed E-state index contributed by atoms with van der Waals surface area (Å²) in [6.45, 7) is 4.88. The highest BCUT2D eigenvalue weighted by molar-refractivity contribution is 5.88. The second-order valence-electron chi connectivity index (χ2n) is 3.96. The van der Waals surface area contributed by atoms with Gasteiger partial charge in [-0.25, -0.2) is 4.79 Å². The minimum absolute atomic E-state index is 0.253. The van der Waals surface area contributed by atoms with Crippen LogP contribution in [0.15, 0.2) is 30.3 Å². The van der Waals surface area contributed by atoms with E-state index in [1.54, 1.807) is 26.0 Å². The Morgan fingerprint density at radius 2 is 1.89 bits per heavy atom. The third kappa shape index (κ3) is 4.47. The van der Waals surface area contributed by atoms with Crippen molar-refractivity contribution >= 4 is 11.9 Å². The molecule has 0 aliphatic carbocycles. The second-order valence-corrected chi connectivity index (χ2v) is 3.96. The predicted octanol–water partition coefficient (Wildman–Crippen LogP) is 2.03.